The summed E-state index contributed by atoms with van der Waals surface area (Å²) in [6, 6.07) is 35.3. The zero-order chi connectivity index (χ0) is 91.8. The molecule has 0 bridgehead atoms. The Labute approximate surface area is 689 Å². The topological polar surface area (TPSA) is 159 Å². The van der Waals surface area contributed by atoms with E-state index in [2.05, 4.69) is 158 Å². The average molecular weight is 1570 g/mol. The summed E-state index contributed by atoms with van der Waals surface area (Å²) in [6.07, 6.45) is 28.1. The third-order valence-electron chi connectivity index (χ3n) is 23.0. The van der Waals surface area contributed by atoms with Gasteiger partial charge in [0.15, 0.2) is 22.8 Å². The van der Waals surface area contributed by atoms with Gasteiger partial charge >= 0.3 is 69.7 Å². The van der Waals surface area contributed by atoms with Gasteiger partial charge in [-0.1, -0.05) is 60.7 Å². The molecule has 0 unspecified atom stereocenters. The van der Waals surface area contributed by atoms with E-state index in [0.717, 1.165) is 125 Å². The third-order valence-corrected chi connectivity index (χ3v) is 23.0. The van der Waals surface area contributed by atoms with Crippen molar-refractivity contribution >= 4 is 45.2 Å². The first-order valence-electron chi connectivity index (χ1n) is 44.1. The molecule has 0 fully saturated rings. The van der Waals surface area contributed by atoms with Crippen molar-refractivity contribution in [3.8, 4) is 80.7 Å². The monoisotopic (exact) mass is 1560 g/mol. The molecule has 20 aromatic rings. The van der Waals surface area contributed by atoms with E-state index in [-0.39, 0.29) is 17.0 Å². The lowest BCUT2D eigenvalue weighted by Crippen LogP contribution is -2.42. The fraction of sp³-hybridized carbons (Fsp3) is 0.273. The molecule has 16 heterocycles. The number of para-hydroxylation sites is 6. The summed E-state index contributed by atoms with van der Waals surface area (Å²) >= 11 is 0. The van der Waals surface area contributed by atoms with Crippen LogP contribution in [0.1, 0.15) is 72.9 Å². The van der Waals surface area contributed by atoms with Crippen LogP contribution in [0.3, 0.4) is 0 Å². The fourth-order valence-corrected chi connectivity index (χ4v) is 17.0. The molecule has 588 valence electrons. The van der Waals surface area contributed by atoms with Gasteiger partial charge in [-0.2, -0.15) is 47.3 Å². The van der Waals surface area contributed by atoms with Gasteiger partial charge in [-0.25, -0.2) is 46.1 Å². The van der Waals surface area contributed by atoms with Crippen molar-refractivity contribution in [3.63, 3.8) is 0 Å². The number of nitrogens with zero attached hydrogens (tertiary/aromatic N) is 28. The lowest BCUT2D eigenvalue weighted by Gasteiger charge is -2.09. The Kier molecular flexibility index (Phi) is 14.9. The number of fused-ring (bicyclic) bond motifs is 8. The van der Waals surface area contributed by atoms with Crippen LogP contribution in [0.15, 0.2) is 196 Å². The van der Waals surface area contributed by atoms with Gasteiger partial charge < -0.3 is 0 Å². The Bertz CT molecular complexity index is 7750. The first kappa shape index (κ1) is 61.6. The highest BCUT2D eigenvalue weighted by Gasteiger charge is 2.36. The van der Waals surface area contributed by atoms with Gasteiger partial charge in [-0.3, -0.25) is 17.6 Å². The van der Waals surface area contributed by atoms with Gasteiger partial charge in [0, 0.05) is 80.3 Å². The number of aromatic nitrogens is 28. The minimum absolute atomic E-state index is 0.100. The van der Waals surface area contributed by atoms with Crippen LogP contribution in [-0.2, 0) is 98.7 Å². The lowest BCUT2D eigenvalue weighted by molar-refractivity contribution is -0.689. The minimum atomic E-state index is -2.29. The molecule has 16 aromatic heterocycles. The Morgan fingerprint density at radius 3 is 1.03 bits per heavy atom. The van der Waals surface area contributed by atoms with Crippen molar-refractivity contribution < 1.29 is 53.4 Å². The van der Waals surface area contributed by atoms with E-state index in [0.29, 0.717) is 39.9 Å². The van der Waals surface area contributed by atoms with Crippen LogP contribution in [0.4, 0.5) is 0 Å². The van der Waals surface area contributed by atoms with Crippen LogP contribution < -0.4 is 37.0 Å². The zero-order valence-electron chi connectivity index (χ0n) is 81.0. The summed E-state index contributed by atoms with van der Waals surface area (Å²) < 4.78 is 144. The molecule has 4 aromatic carbocycles. The van der Waals surface area contributed by atoms with E-state index < -0.39 is 27.4 Å². The summed E-state index contributed by atoms with van der Waals surface area (Å²) in [7, 11) is 27.9. The Balaban J connectivity index is 0.000000121. The van der Waals surface area contributed by atoms with Gasteiger partial charge in [-0.05, 0) is 115 Å². The predicted molar refractivity (Wildman–Crippen MR) is 444 cm³/mol. The number of imidazole rings is 12. The van der Waals surface area contributed by atoms with Gasteiger partial charge in [0.25, 0.3) is 0 Å². The highest BCUT2D eigenvalue weighted by atomic mass is 15.5. The molecule has 20 rings (SSSR count). The number of rotatable bonds is 10. The van der Waals surface area contributed by atoms with E-state index in [1.807, 2.05) is 267 Å². The standard InChI is InChI=1S/C26H27N7.C25H31N7.C19H21N7.C18H25N7/c1-18-9-8-10-19(2)24(18)31-16-15-28(3)25(31)22-13-14-33(30(22)5)23-17-32-21-12-7-6-11-20(21)27-26(32)29(23)4;1-16-10-9-11-17(2)22(16)30-15-14-27(6)24(30)21-12-13-31(29(21)8)23-20(5)32-19(4)18(3)26-25(32)28(23)7;1-21-11-12-22(2)18(21)16-9-10-26(24(16)4)17-13-25-15-8-6-5-7-14(15)20-19(25)23(17)3;1-12-13(2)25-14(3)16(22(6)18(25)19-12)24-9-8-15(23(24)7)17-20(4)10-11-21(17)5/h6-17H,1-5H3;9-15H,1-8H3;5-13H,1-4H3;8-11H,1-7H3/q4*+2/i1D3;1D3,3D3;;1D3. The Morgan fingerprint density at radius 1 is 0.319 bits per heavy atom. The van der Waals surface area contributed by atoms with Gasteiger partial charge in [0.05, 0.1) is 104 Å². The van der Waals surface area contributed by atoms with Crippen molar-refractivity contribution in [1.29, 1.82) is 0 Å². The number of hydrogen-bond donors (Lipinski definition) is 0. The second-order valence-electron chi connectivity index (χ2n) is 30.0. The summed E-state index contributed by atoms with van der Waals surface area (Å²) in [6.45, 7) is 2.36. The highest BCUT2D eigenvalue weighted by Crippen LogP contribution is 2.30. The van der Waals surface area contributed by atoms with E-state index in [9.17, 15) is 0 Å². The molecule has 0 aliphatic heterocycles. The van der Waals surface area contributed by atoms with Crippen LogP contribution in [0.2, 0.25) is 0 Å². The van der Waals surface area contributed by atoms with E-state index in [4.69, 9.17) is 26.4 Å². The zero-order valence-corrected chi connectivity index (χ0v) is 69.0. The van der Waals surface area contributed by atoms with Crippen molar-refractivity contribution in [2.24, 2.45) is 98.7 Å². The normalized spacial score (nSPS) is 13.8. The molecule has 0 radical (unpaired) electrons. The van der Waals surface area contributed by atoms with Crippen molar-refractivity contribution in [2.45, 2.75) is 68.9 Å². The van der Waals surface area contributed by atoms with E-state index >= 15 is 0 Å². The van der Waals surface area contributed by atoms with Gasteiger partial charge in [-0.15, -0.1) is 18.7 Å². The maximum absolute atomic E-state index is 8.11. The number of benzene rings is 4. The minimum Gasteiger partial charge on any atom is -0.259 e. The average Bonchev–Trinajstić information content (AvgIpc) is 1.60. The molecule has 0 atom stereocenters. The molecule has 116 heavy (non-hydrogen) atoms. The van der Waals surface area contributed by atoms with Crippen molar-refractivity contribution in [2.75, 3.05) is 0 Å². The molecule has 0 aliphatic carbocycles. The number of aryl methyl sites for hydroxylation is 20. The molecule has 0 spiro atoms. The molecule has 0 saturated heterocycles. The maximum Gasteiger partial charge on any atom is 0.327 e. The van der Waals surface area contributed by atoms with Crippen LogP contribution in [0.5, 0.6) is 0 Å². The summed E-state index contributed by atoms with van der Waals surface area (Å²) in [5, 5.41) is 0. The summed E-state index contributed by atoms with van der Waals surface area (Å²) in [5.74, 6) is 10.7. The van der Waals surface area contributed by atoms with Crippen molar-refractivity contribution in [1.82, 2.24) is 92.8 Å². The van der Waals surface area contributed by atoms with E-state index in [1.165, 1.54) is 0 Å². The first-order chi connectivity index (χ1) is 60.4. The fourth-order valence-electron chi connectivity index (χ4n) is 17.0. The molecular weight excluding hydrogens is 1450 g/mol. The summed E-state index contributed by atoms with van der Waals surface area (Å²) in [5.41, 5.74) is 15.1. The second kappa shape index (κ2) is 28.0. The second-order valence-corrected chi connectivity index (χ2v) is 30.0. The Hall–Kier alpha value is -13.9. The number of hydrogen-bond acceptors (Lipinski definition) is 4. The molecule has 28 nitrogen and oxygen atoms in total. The van der Waals surface area contributed by atoms with Gasteiger partial charge in [0.2, 0.25) is 0 Å². The maximum atomic E-state index is 8.11. The first-order valence-corrected chi connectivity index (χ1v) is 38.1. The third kappa shape index (κ3) is 11.5. The predicted octanol–water partition coefficient (Wildman–Crippen LogP) is 8.77. The molecule has 0 aliphatic rings. The molecular formula is C88H104N28+8. The van der Waals surface area contributed by atoms with Crippen LogP contribution in [-0.4, -0.2) is 92.8 Å². The van der Waals surface area contributed by atoms with Gasteiger partial charge in [0.1, 0.15) is 110 Å². The largest absolute Gasteiger partial charge is 0.327 e. The quantitative estimate of drug-likeness (QED) is 0.125. The summed E-state index contributed by atoms with van der Waals surface area (Å²) in [4.78, 5) is 18.5. The highest BCUT2D eigenvalue weighted by molar-refractivity contribution is 5.81. The van der Waals surface area contributed by atoms with Crippen LogP contribution >= 0.6 is 0 Å². The molecule has 0 N–H and O–H groups in total. The Morgan fingerprint density at radius 2 is 0.664 bits per heavy atom. The molecule has 28 heteroatoms. The van der Waals surface area contributed by atoms with Crippen LogP contribution in [0.25, 0.3) is 126 Å². The van der Waals surface area contributed by atoms with Crippen molar-refractivity contribution in [3.05, 3.63) is 252 Å². The SMILES string of the molecule is Cn1cc[n+](C)c1-c1cc[n+](-c2cn3c4ccccc4nc3n2C)n1C.[2H]C([2H])([2H])c1cccc(C)c1-n1cc[n+](C)c1-c1cc[n+](-c2c(C)n3c(C)c(C([2H])([2H])[2H])nc3n2C)n1C.[2H]C([2H])([2H])c1cccc(C)c1-n1cc[n+](C)c1-c1cc[n+](-c2cn3c4ccccc4nc3n2C)n1C.[2H]C([2H])([2H])c1nc2n(C)c(-[n+]3ccc(-c4n(C)cc[n+]4C)n3C)c(C)n2c1C. The molecule has 0 amide bonds. The lowest BCUT2D eigenvalue weighted by atomic mass is 10.1. The molecule has 0 saturated carbocycles. The van der Waals surface area contributed by atoms with E-state index in [1.54, 1.807) is 31.2 Å². The smallest absolute Gasteiger partial charge is 0.259 e. The van der Waals surface area contributed by atoms with Crippen LogP contribution in [0, 0.1) is 68.9 Å².